The highest BCUT2D eigenvalue weighted by atomic mass is 14.8. The van der Waals surface area contributed by atoms with Gasteiger partial charge in [0.25, 0.3) is 0 Å². The Morgan fingerprint density at radius 3 is 1.53 bits per heavy atom. The summed E-state index contributed by atoms with van der Waals surface area (Å²) in [7, 11) is 0. The normalized spacial score (nSPS) is 11.7. The van der Waals surface area contributed by atoms with Crippen molar-refractivity contribution in [3.63, 3.8) is 0 Å². The van der Waals surface area contributed by atoms with Crippen LogP contribution in [0.25, 0.3) is 87.9 Å². The van der Waals surface area contributed by atoms with Crippen molar-refractivity contribution in [2.24, 2.45) is 0 Å². The zero-order valence-corrected chi connectivity index (χ0v) is 27.6. The van der Waals surface area contributed by atoms with Gasteiger partial charge in [-0.05, 0) is 119 Å². The van der Waals surface area contributed by atoms with Gasteiger partial charge in [0.1, 0.15) is 0 Å². The molecule has 2 heteroatoms. The van der Waals surface area contributed by atoms with Gasteiger partial charge >= 0.3 is 0 Å². The van der Waals surface area contributed by atoms with E-state index in [0.29, 0.717) is 5.92 Å². The zero-order chi connectivity index (χ0) is 32.9. The zero-order valence-electron chi connectivity index (χ0n) is 27.6. The molecule has 49 heavy (non-hydrogen) atoms. The molecule has 0 saturated heterocycles. The van der Waals surface area contributed by atoms with Gasteiger partial charge in [-0.2, -0.15) is 0 Å². The predicted molar refractivity (Wildman–Crippen MR) is 208 cm³/mol. The summed E-state index contributed by atoms with van der Waals surface area (Å²) in [6.45, 7) is 4.56. The monoisotopic (exact) mass is 626 g/mol. The summed E-state index contributed by atoms with van der Waals surface area (Å²) in [4.78, 5) is 9.33. The fraction of sp³-hybridized carbons (Fsp3) is 0.0638. The standard InChI is InChI=1S/C47H34N2/c1-30(2)33-18-21-40-42(27-33)46(37-16-14-31-9-3-5-11-34(31)25-37)41-22-19-36(39-20-23-45(49-29-39)44-13-7-8-24-48-44)28-43(41)47(40)38-17-15-32-10-4-6-12-35(32)26-38/h3-30H,1-2H3. The molecule has 2 aromatic heterocycles. The second-order valence-electron chi connectivity index (χ2n) is 13.2. The first-order valence-electron chi connectivity index (χ1n) is 17.0. The molecule has 0 aliphatic carbocycles. The molecule has 0 amide bonds. The minimum Gasteiger partial charge on any atom is -0.255 e. The maximum Gasteiger partial charge on any atom is 0.0886 e. The van der Waals surface area contributed by atoms with E-state index in [2.05, 4.69) is 152 Å². The summed E-state index contributed by atoms with van der Waals surface area (Å²) in [6, 6.07) is 55.3. The van der Waals surface area contributed by atoms with Gasteiger partial charge in [-0.1, -0.05) is 129 Å². The summed E-state index contributed by atoms with van der Waals surface area (Å²) < 4.78 is 0. The van der Waals surface area contributed by atoms with E-state index in [4.69, 9.17) is 4.98 Å². The van der Waals surface area contributed by atoms with Crippen molar-refractivity contribution < 1.29 is 0 Å². The number of pyridine rings is 2. The maximum absolute atomic E-state index is 4.83. The fourth-order valence-corrected chi connectivity index (χ4v) is 7.33. The van der Waals surface area contributed by atoms with Crippen molar-refractivity contribution in [2.75, 3.05) is 0 Å². The average Bonchev–Trinajstić information content (AvgIpc) is 3.16. The van der Waals surface area contributed by atoms with E-state index in [1.165, 1.54) is 70.9 Å². The van der Waals surface area contributed by atoms with Crippen LogP contribution in [0.1, 0.15) is 25.3 Å². The molecular weight excluding hydrogens is 593 g/mol. The van der Waals surface area contributed by atoms with Crippen LogP contribution in [0.4, 0.5) is 0 Å². The Morgan fingerprint density at radius 1 is 0.388 bits per heavy atom. The van der Waals surface area contributed by atoms with Gasteiger partial charge < -0.3 is 0 Å². The average molecular weight is 627 g/mol. The van der Waals surface area contributed by atoms with E-state index < -0.39 is 0 Å². The third-order valence-electron chi connectivity index (χ3n) is 9.91. The van der Waals surface area contributed by atoms with E-state index in [9.17, 15) is 0 Å². The van der Waals surface area contributed by atoms with Gasteiger partial charge in [0.15, 0.2) is 0 Å². The minimum atomic E-state index is 0.414. The van der Waals surface area contributed by atoms with Gasteiger partial charge in [0, 0.05) is 18.0 Å². The van der Waals surface area contributed by atoms with Crippen molar-refractivity contribution >= 4 is 43.1 Å². The van der Waals surface area contributed by atoms with Crippen LogP contribution < -0.4 is 0 Å². The Labute approximate surface area is 286 Å². The van der Waals surface area contributed by atoms with Crippen LogP contribution >= 0.6 is 0 Å². The van der Waals surface area contributed by atoms with E-state index in [0.717, 1.165) is 22.5 Å². The van der Waals surface area contributed by atoms with E-state index in [1.807, 2.05) is 30.6 Å². The Balaban J connectivity index is 1.36. The number of rotatable bonds is 5. The topological polar surface area (TPSA) is 25.8 Å². The van der Waals surface area contributed by atoms with E-state index in [1.54, 1.807) is 0 Å². The number of benzene rings is 7. The molecule has 0 bridgehead atoms. The molecule has 2 nitrogen and oxygen atoms in total. The lowest BCUT2D eigenvalue weighted by Gasteiger charge is -2.20. The summed E-state index contributed by atoms with van der Waals surface area (Å²) in [5, 5.41) is 10.00. The lowest BCUT2D eigenvalue weighted by Crippen LogP contribution is -1.95. The smallest absolute Gasteiger partial charge is 0.0886 e. The molecule has 0 saturated carbocycles. The summed E-state index contributed by atoms with van der Waals surface area (Å²) in [5.74, 6) is 0.414. The molecule has 7 aromatic carbocycles. The second kappa shape index (κ2) is 11.8. The lowest BCUT2D eigenvalue weighted by atomic mass is 9.83. The lowest BCUT2D eigenvalue weighted by molar-refractivity contribution is 0.869. The highest BCUT2D eigenvalue weighted by Gasteiger charge is 2.19. The van der Waals surface area contributed by atoms with Crippen molar-refractivity contribution in [3.8, 4) is 44.8 Å². The van der Waals surface area contributed by atoms with E-state index in [-0.39, 0.29) is 0 Å². The SMILES string of the molecule is CC(C)c1ccc2c(-c3ccc4ccccc4c3)c3cc(-c4ccc(-c5ccccn5)nc4)ccc3c(-c3ccc4ccccc4c3)c2c1. The van der Waals surface area contributed by atoms with Crippen LogP contribution in [0.15, 0.2) is 164 Å². The summed E-state index contributed by atoms with van der Waals surface area (Å²) in [5.41, 5.74) is 10.3. The Hall–Kier alpha value is -6.12. The van der Waals surface area contributed by atoms with Crippen LogP contribution in [0.5, 0.6) is 0 Å². The van der Waals surface area contributed by atoms with Crippen molar-refractivity contribution in [3.05, 3.63) is 170 Å². The third-order valence-corrected chi connectivity index (χ3v) is 9.91. The maximum atomic E-state index is 4.83. The van der Waals surface area contributed by atoms with Gasteiger partial charge in [0.05, 0.1) is 11.4 Å². The molecule has 2 heterocycles. The molecule has 0 aliphatic rings. The first kappa shape index (κ1) is 29.1. The molecule has 0 N–H and O–H groups in total. The number of hydrogen-bond acceptors (Lipinski definition) is 2. The molecule has 0 atom stereocenters. The number of hydrogen-bond donors (Lipinski definition) is 0. The molecule has 9 aromatic rings. The largest absolute Gasteiger partial charge is 0.255 e. The molecular formula is C47H34N2. The molecule has 0 fully saturated rings. The first-order valence-corrected chi connectivity index (χ1v) is 17.0. The Bertz CT molecular complexity index is 2670. The Morgan fingerprint density at radius 2 is 0.939 bits per heavy atom. The van der Waals surface area contributed by atoms with Gasteiger partial charge in [0.2, 0.25) is 0 Å². The second-order valence-corrected chi connectivity index (χ2v) is 13.2. The molecule has 0 spiro atoms. The first-order chi connectivity index (χ1) is 24.1. The van der Waals surface area contributed by atoms with Crippen molar-refractivity contribution in [2.45, 2.75) is 19.8 Å². The highest BCUT2D eigenvalue weighted by molar-refractivity contribution is 6.22. The molecule has 0 radical (unpaired) electrons. The van der Waals surface area contributed by atoms with Crippen molar-refractivity contribution in [1.82, 2.24) is 9.97 Å². The van der Waals surface area contributed by atoms with Crippen LogP contribution in [-0.4, -0.2) is 9.97 Å². The Kier molecular flexibility index (Phi) is 7.02. The highest BCUT2D eigenvalue weighted by Crippen LogP contribution is 2.46. The van der Waals surface area contributed by atoms with Crippen LogP contribution in [0.2, 0.25) is 0 Å². The van der Waals surface area contributed by atoms with Crippen molar-refractivity contribution in [1.29, 1.82) is 0 Å². The van der Waals surface area contributed by atoms with Crippen LogP contribution in [0, 0.1) is 0 Å². The van der Waals surface area contributed by atoms with Crippen LogP contribution in [0.3, 0.4) is 0 Å². The third kappa shape index (κ3) is 5.14. The quantitative estimate of drug-likeness (QED) is 0.178. The van der Waals surface area contributed by atoms with Gasteiger partial charge in [-0.3, -0.25) is 9.97 Å². The molecule has 9 rings (SSSR count). The number of nitrogens with zero attached hydrogens (tertiary/aromatic N) is 2. The molecule has 232 valence electrons. The van der Waals surface area contributed by atoms with Crippen LogP contribution in [-0.2, 0) is 0 Å². The number of fused-ring (bicyclic) bond motifs is 4. The predicted octanol–water partition coefficient (Wildman–Crippen LogP) is 12.9. The molecule has 0 unspecified atom stereocenters. The summed E-state index contributed by atoms with van der Waals surface area (Å²) >= 11 is 0. The summed E-state index contributed by atoms with van der Waals surface area (Å²) in [6.07, 6.45) is 3.78. The van der Waals surface area contributed by atoms with Gasteiger partial charge in [-0.15, -0.1) is 0 Å². The van der Waals surface area contributed by atoms with E-state index >= 15 is 0 Å². The van der Waals surface area contributed by atoms with Gasteiger partial charge in [-0.25, -0.2) is 0 Å². The number of aromatic nitrogens is 2. The molecule has 0 aliphatic heterocycles. The fourth-order valence-electron chi connectivity index (χ4n) is 7.33. The minimum absolute atomic E-state index is 0.414.